The number of hydrogen-bond donors (Lipinski definition) is 1. The molecular formula is C23H29N3O3S. The number of carbonyl (C=O) groups is 1. The summed E-state index contributed by atoms with van der Waals surface area (Å²) in [5.41, 5.74) is 2.37. The van der Waals surface area contributed by atoms with Gasteiger partial charge in [-0.25, -0.2) is 13.1 Å². The minimum Gasteiger partial charge on any atom is -0.340 e. The molecular weight excluding hydrogens is 398 g/mol. The standard InChI is InChI=1S/C23H29N3O3S/c1-17(2)23(27)26-14-12-25(13-15-26)22-20-11-7-6-8-18(20)16-21(22)24-30(28,29)19-9-4-3-5-10-19/h3-11,17,21-22,24H,12-16H2,1-2H3. The monoisotopic (exact) mass is 427 g/mol. The molecule has 0 spiro atoms. The molecule has 4 rings (SSSR count). The van der Waals surface area contributed by atoms with Gasteiger partial charge in [0.1, 0.15) is 0 Å². The molecule has 0 saturated carbocycles. The number of amides is 1. The van der Waals surface area contributed by atoms with Crippen molar-refractivity contribution in [2.75, 3.05) is 26.2 Å². The Morgan fingerprint density at radius 1 is 0.967 bits per heavy atom. The Labute approximate surface area is 178 Å². The summed E-state index contributed by atoms with van der Waals surface area (Å²) in [6.07, 6.45) is 0.665. The van der Waals surface area contributed by atoms with Gasteiger partial charge in [-0.2, -0.15) is 0 Å². The molecule has 1 aliphatic carbocycles. The maximum Gasteiger partial charge on any atom is 0.240 e. The van der Waals surface area contributed by atoms with E-state index in [0.717, 1.165) is 13.1 Å². The van der Waals surface area contributed by atoms with Gasteiger partial charge in [-0.15, -0.1) is 0 Å². The molecule has 2 unspecified atom stereocenters. The number of fused-ring (bicyclic) bond motifs is 1. The van der Waals surface area contributed by atoms with Crippen molar-refractivity contribution >= 4 is 15.9 Å². The number of benzene rings is 2. The van der Waals surface area contributed by atoms with Gasteiger partial charge in [-0.05, 0) is 29.7 Å². The Bertz CT molecular complexity index is 999. The van der Waals surface area contributed by atoms with Gasteiger partial charge in [-0.1, -0.05) is 56.3 Å². The lowest BCUT2D eigenvalue weighted by atomic mass is 10.0. The van der Waals surface area contributed by atoms with Crippen molar-refractivity contribution in [1.29, 1.82) is 0 Å². The van der Waals surface area contributed by atoms with Crippen molar-refractivity contribution < 1.29 is 13.2 Å². The first-order valence-corrected chi connectivity index (χ1v) is 12.0. The van der Waals surface area contributed by atoms with Crippen LogP contribution in [0.3, 0.4) is 0 Å². The minimum atomic E-state index is -3.61. The molecule has 30 heavy (non-hydrogen) atoms. The SMILES string of the molecule is CC(C)C(=O)N1CCN(C2c3ccccc3CC2NS(=O)(=O)c2ccccc2)CC1. The lowest BCUT2D eigenvalue weighted by molar-refractivity contribution is -0.136. The van der Waals surface area contributed by atoms with E-state index in [1.165, 1.54) is 11.1 Å². The normalized spacial score (nSPS) is 22.3. The van der Waals surface area contributed by atoms with Crippen LogP contribution in [-0.2, 0) is 21.2 Å². The van der Waals surface area contributed by atoms with Crippen molar-refractivity contribution in [3.8, 4) is 0 Å². The largest absolute Gasteiger partial charge is 0.340 e. The fourth-order valence-electron chi connectivity index (χ4n) is 4.58. The van der Waals surface area contributed by atoms with E-state index >= 15 is 0 Å². The fraction of sp³-hybridized carbons (Fsp3) is 0.435. The van der Waals surface area contributed by atoms with E-state index in [-0.39, 0.29) is 28.8 Å². The average Bonchev–Trinajstić information content (AvgIpc) is 3.11. The second-order valence-corrected chi connectivity index (χ2v) is 10.1. The lowest BCUT2D eigenvalue weighted by Crippen LogP contribution is -2.53. The third kappa shape index (κ3) is 4.15. The van der Waals surface area contributed by atoms with Gasteiger partial charge in [0.05, 0.1) is 10.9 Å². The zero-order valence-electron chi connectivity index (χ0n) is 17.5. The van der Waals surface area contributed by atoms with Crippen molar-refractivity contribution in [1.82, 2.24) is 14.5 Å². The Hall–Kier alpha value is -2.22. The Morgan fingerprint density at radius 3 is 2.27 bits per heavy atom. The van der Waals surface area contributed by atoms with Crippen LogP contribution >= 0.6 is 0 Å². The quantitative estimate of drug-likeness (QED) is 0.796. The second-order valence-electron chi connectivity index (χ2n) is 8.40. The second kappa shape index (κ2) is 8.49. The maximum absolute atomic E-state index is 13.0. The predicted octanol–water partition coefficient (Wildman–Crippen LogP) is 2.43. The predicted molar refractivity (Wildman–Crippen MR) is 116 cm³/mol. The molecule has 1 amide bonds. The molecule has 2 aromatic carbocycles. The van der Waals surface area contributed by atoms with E-state index in [9.17, 15) is 13.2 Å². The number of hydrogen-bond acceptors (Lipinski definition) is 4. The molecule has 0 radical (unpaired) electrons. The van der Waals surface area contributed by atoms with Crippen molar-refractivity contribution in [3.63, 3.8) is 0 Å². The summed E-state index contributed by atoms with van der Waals surface area (Å²) < 4.78 is 29.0. The molecule has 2 atom stereocenters. The Kier molecular flexibility index (Phi) is 5.95. The third-order valence-corrected chi connectivity index (χ3v) is 7.57. The van der Waals surface area contributed by atoms with Gasteiger partial charge in [0, 0.05) is 38.1 Å². The van der Waals surface area contributed by atoms with Gasteiger partial charge in [0.25, 0.3) is 0 Å². The van der Waals surface area contributed by atoms with Crippen LogP contribution < -0.4 is 4.72 Å². The highest BCUT2D eigenvalue weighted by Crippen LogP contribution is 2.37. The third-order valence-electron chi connectivity index (χ3n) is 6.07. The number of rotatable bonds is 5. The van der Waals surface area contributed by atoms with Crippen LogP contribution in [0.5, 0.6) is 0 Å². The summed E-state index contributed by atoms with van der Waals surface area (Å²) in [7, 11) is -3.61. The Balaban J connectivity index is 1.56. The topological polar surface area (TPSA) is 69.7 Å². The van der Waals surface area contributed by atoms with Crippen LogP contribution in [0, 0.1) is 5.92 Å². The first-order chi connectivity index (χ1) is 14.4. The zero-order valence-corrected chi connectivity index (χ0v) is 18.3. The van der Waals surface area contributed by atoms with Crippen LogP contribution in [0.1, 0.15) is 31.0 Å². The van der Waals surface area contributed by atoms with Crippen molar-refractivity contribution in [2.45, 2.75) is 37.2 Å². The van der Waals surface area contributed by atoms with E-state index in [4.69, 9.17) is 0 Å². The van der Waals surface area contributed by atoms with Crippen LogP contribution in [0.4, 0.5) is 0 Å². The number of nitrogens with zero attached hydrogens (tertiary/aromatic N) is 2. The molecule has 2 aromatic rings. The number of sulfonamides is 1. The van der Waals surface area contributed by atoms with Gasteiger partial charge in [0.15, 0.2) is 0 Å². The molecule has 0 bridgehead atoms. The van der Waals surface area contributed by atoms with E-state index < -0.39 is 10.0 Å². The maximum atomic E-state index is 13.0. The molecule has 1 saturated heterocycles. The number of nitrogens with one attached hydrogen (secondary N) is 1. The molecule has 1 heterocycles. The molecule has 7 heteroatoms. The van der Waals surface area contributed by atoms with Crippen LogP contribution in [0.2, 0.25) is 0 Å². The molecule has 6 nitrogen and oxygen atoms in total. The fourth-order valence-corrected chi connectivity index (χ4v) is 5.85. The van der Waals surface area contributed by atoms with Crippen LogP contribution in [0.15, 0.2) is 59.5 Å². The van der Waals surface area contributed by atoms with Crippen LogP contribution in [0.25, 0.3) is 0 Å². The summed E-state index contributed by atoms with van der Waals surface area (Å²) in [5, 5.41) is 0. The molecule has 2 aliphatic rings. The van der Waals surface area contributed by atoms with Gasteiger partial charge >= 0.3 is 0 Å². The molecule has 160 valence electrons. The highest BCUT2D eigenvalue weighted by atomic mass is 32.2. The van der Waals surface area contributed by atoms with E-state index in [2.05, 4.69) is 21.8 Å². The molecule has 1 N–H and O–H groups in total. The van der Waals surface area contributed by atoms with Gasteiger partial charge in [-0.3, -0.25) is 9.69 Å². The molecule has 1 fully saturated rings. The van der Waals surface area contributed by atoms with E-state index in [1.807, 2.05) is 36.9 Å². The first kappa shape index (κ1) is 21.0. The summed E-state index contributed by atoms with van der Waals surface area (Å²) in [6.45, 7) is 6.68. The summed E-state index contributed by atoms with van der Waals surface area (Å²) in [5.74, 6) is 0.178. The van der Waals surface area contributed by atoms with Crippen LogP contribution in [-0.4, -0.2) is 56.3 Å². The molecule has 0 aromatic heterocycles. The summed E-state index contributed by atoms with van der Waals surface area (Å²) in [6, 6.07) is 16.5. The highest BCUT2D eigenvalue weighted by molar-refractivity contribution is 7.89. The molecule has 1 aliphatic heterocycles. The number of piperazine rings is 1. The highest BCUT2D eigenvalue weighted by Gasteiger charge is 2.40. The van der Waals surface area contributed by atoms with E-state index in [1.54, 1.807) is 24.3 Å². The lowest BCUT2D eigenvalue weighted by Gasteiger charge is -2.41. The van der Waals surface area contributed by atoms with E-state index in [0.29, 0.717) is 19.5 Å². The Morgan fingerprint density at radius 2 is 1.60 bits per heavy atom. The van der Waals surface area contributed by atoms with Crippen molar-refractivity contribution in [2.24, 2.45) is 5.92 Å². The first-order valence-electron chi connectivity index (χ1n) is 10.5. The smallest absolute Gasteiger partial charge is 0.240 e. The van der Waals surface area contributed by atoms with Crippen molar-refractivity contribution in [3.05, 3.63) is 65.7 Å². The van der Waals surface area contributed by atoms with Gasteiger partial charge < -0.3 is 4.90 Å². The average molecular weight is 428 g/mol. The number of carbonyl (C=O) groups excluding carboxylic acids is 1. The summed E-state index contributed by atoms with van der Waals surface area (Å²) in [4.78, 5) is 16.9. The van der Waals surface area contributed by atoms with Gasteiger partial charge in [0.2, 0.25) is 15.9 Å². The minimum absolute atomic E-state index is 0.00538. The summed E-state index contributed by atoms with van der Waals surface area (Å²) >= 11 is 0. The zero-order chi connectivity index (χ0) is 21.3.